The average Bonchev–Trinajstić information content (AvgIpc) is 2.98. The molecule has 2 aliphatic rings. The summed E-state index contributed by atoms with van der Waals surface area (Å²) in [6.45, 7) is 2.10. The smallest absolute Gasteiger partial charge is 0.330 e. The number of nitrogens with one attached hydrogen (secondary N) is 1. The number of hydrogen-bond donors (Lipinski definition) is 2. The maximum atomic E-state index is 12.1. The van der Waals surface area contributed by atoms with Gasteiger partial charge in [-0.05, 0) is 56.6 Å². The van der Waals surface area contributed by atoms with Crippen LogP contribution in [0.2, 0.25) is 0 Å². The van der Waals surface area contributed by atoms with Gasteiger partial charge >= 0.3 is 6.03 Å². The van der Waals surface area contributed by atoms with Crippen LogP contribution in [0.1, 0.15) is 32.6 Å². The lowest BCUT2D eigenvalue weighted by Gasteiger charge is -2.35. The maximum absolute atomic E-state index is 12.1. The topological polar surface area (TPSA) is 52.6 Å². The Morgan fingerprint density at radius 2 is 2.11 bits per heavy atom. The SMILES string of the molecule is CC1(NC(=O)N(O)c2ccccc2)CC2CCC1C2. The molecular formula is C15H20N2O2. The molecule has 0 saturated heterocycles. The number of carbonyl (C=O) groups is 1. The monoisotopic (exact) mass is 260 g/mol. The van der Waals surface area contributed by atoms with Gasteiger partial charge in [0, 0.05) is 5.54 Å². The van der Waals surface area contributed by atoms with Crippen molar-refractivity contribution in [2.24, 2.45) is 11.8 Å². The van der Waals surface area contributed by atoms with E-state index < -0.39 is 6.03 Å². The van der Waals surface area contributed by atoms with Gasteiger partial charge in [0.25, 0.3) is 0 Å². The zero-order chi connectivity index (χ0) is 13.5. The molecule has 2 amide bonds. The van der Waals surface area contributed by atoms with Crippen LogP contribution in [0.4, 0.5) is 10.5 Å². The minimum atomic E-state index is -0.429. The van der Waals surface area contributed by atoms with Crippen molar-refractivity contribution in [3.05, 3.63) is 30.3 Å². The largest absolute Gasteiger partial charge is 0.346 e. The van der Waals surface area contributed by atoms with Crippen LogP contribution in [-0.4, -0.2) is 16.8 Å². The van der Waals surface area contributed by atoms with Crippen molar-refractivity contribution >= 4 is 11.7 Å². The molecule has 2 aliphatic carbocycles. The van der Waals surface area contributed by atoms with Crippen LogP contribution in [0, 0.1) is 11.8 Å². The molecule has 3 unspecified atom stereocenters. The van der Waals surface area contributed by atoms with E-state index in [1.54, 1.807) is 24.3 Å². The van der Waals surface area contributed by atoms with Gasteiger partial charge in [-0.3, -0.25) is 5.21 Å². The van der Waals surface area contributed by atoms with Crippen molar-refractivity contribution in [2.45, 2.75) is 38.1 Å². The Bertz CT molecular complexity index is 476. The van der Waals surface area contributed by atoms with E-state index in [0.717, 1.165) is 12.3 Å². The molecule has 4 nitrogen and oxygen atoms in total. The van der Waals surface area contributed by atoms with Gasteiger partial charge in [-0.15, -0.1) is 0 Å². The van der Waals surface area contributed by atoms with Crippen LogP contribution in [0.25, 0.3) is 0 Å². The number of anilines is 1. The summed E-state index contributed by atoms with van der Waals surface area (Å²) < 4.78 is 0. The second-order valence-electron chi connectivity index (χ2n) is 6.08. The minimum absolute atomic E-state index is 0.157. The summed E-state index contributed by atoms with van der Waals surface area (Å²) in [6, 6.07) is 8.44. The standard InChI is InChI=1S/C15H20N2O2/c1-15(10-11-7-8-12(15)9-11)16-14(18)17(19)13-5-3-2-4-6-13/h2-6,11-12,19H,7-10H2,1H3,(H,16,18). The lowest BCUT2D eigenvalue weighted by atomic mass is 9.83. The second kappa shape index (κ2) is 4.53. The normalized spacial score (nSPS) is 32.3. The van der Waals surface area contributed by atoms with Crippen molar-refractivity contribution in [1.82, 2.24) is 5.32 Å². The van der Waals surface area contributed by atoms with E-state index in [-0.39, 0.29) is 5.54 Å². The molecule has 0 aromatic heterocycles. The lowest BCUT2D eigenvalue weighted by Crippen LogP contribution is -2.53. The number of fused-ring (bicyclic) bond motifs is 2. The molecule has 3 rings (SSSR count). The van der Waals surface area contributed by atoms with E-state index >= 15 is 0 Å². The fourth-order valence-electron chi connectivity index (χ4n) is 3.74. The van der Waals surface area contributed by atoms with E-state index in [9.17, 15) is 10.0 Å². The van der Waals surface area contributed by atoms with E-state index in [2.05, 4.69) is 12.2 Å². The van der Waals surface area contributed by atoms with Crippen LogP contribution >= 0.6 is 0 Å². The molecule has 0 radical (unpaired) electrons. The fourth-order valence-corrected chi connectivity index (χ4v) is 3.74. The summed E-state index contributed by atoms with van der Waals surface area (Å²) in [5, 5.41) is 13.7. The van der Waals surface area contributed by atoms with E-state index in [1.165, 1.54) is 19.3 Å². The number of nitrogens with zero attached hydrogens (tertiary/aromatic N) is 1. The summed E-state index contributed by atoms with van der Waals surface area (Å²) in [4.78, 5) is 12.1. The number of benzene rings is 1. The van der Waals surface area contributed by atoms with Gasteiger partial charge in [0.1, 0.15) is 0 Å². The summed E-state index contributed by atoms with van der Waals surface area (Å²) >= 11 is 0. The first-order valence-corrected chi connectivity index (χ1v) is 6.95. The zero-order valence-electron chi connectivity index (χ0n) is 11.2. The molecule has 2 saturated carbocycles. The predicted octanol–water partition coefficient (Wildman–Crippen LogP) is 3.17. The highest BCUT2D eigenvalue weighted by Gasteiger charge is 2.49. The Morgan fingerprint density at radius 1 is 1.37 bits per heavy atom. The first-order chi connectivity index (χ1) is 9.08. The zero-order valence-corrected chi connectivity index (χ0v) is 11.2. The number of amides is 2. The number of rotatable bonds is 2. The Morgan fingerprint density at radius 3 is 2.68 bits per heavy atom. The van der Waals surface area contributed by atoms with Crippen LogP contribution in [0.15, 0.2) is 30.3 Å². The van der Waals surface area contributed by atoms with Crippen molar-refractivity contribution in [3.63, 3.8) is 0 Å². The van der Waals surface area contributed by atoms with Crippen molar-refractivity contribution in [1.29, 1.82) is 0 Å². The van der Waals surface area contributed by atoms with Gasteiger partial charge < -0.3 is 5.32 Å². The van der Waals surface area contributed by atoms with Gasteiger partial charge in [0.05, 0.1) is 5.69 Å². The number of para-hydroxylation sites is 1. The van der Waals surface area contributed by atoms with Crippen molar-refractivity contribution in [3.8, 4) is 0 Å². The number of hydrogen-bond acceptors (Lipinski definition) is 2. The molecule has 0 aliphatic heterocycles. The molecule has 1 aromatic rings. The number of urea groups is 1. The Kier molecular flexibility index (Phi) is 2.97. The number of hydroxylamine groups is 1. The Hall–Kier alpha value is -1.55. The molecule has 2 bridgehead atoms. The van der Waals surface area contributed by atoms with Crippen LogP contribution < -0.4 is 10.4 Å². The molecule has 4 heteroatoms. The summed E-state index contributed by atoms with van der Waals surface area (Å²) in [5.41, 5.74) is 0.335. The van der Waals surface area contributed by atoms with E-state index in [1.807, 2.05) is 6.07 Å². The molecule has 19 heavy (non-hydrogen) atoms. The quantitative estimate of drug-likeness (QED) is 0.634. The van der Waals surface area contributed by atoms with Gasteiger partial charge in [-0.2, -0.15) is 5.06 Å². The molecule has 102 valence electrons. The summed E-state index contributed by atoms with van der Waals surface area (Å²) in [5.74, 6) is 1.31. The molecule has 0 spiro atoms. The fraction of sp³-hybridized carbons (Fsp3) is 0.533. The van der Waals surface area contributed by atoms with Gasteiger partial charge in [0.15, 0.2) is 0 Å². The van der Waals surface area contributed by atoms with Crippen LogP contribution in [-0.2, 0) is 0 Å². The molecule has 2 N–H and O–H groups in total. The molecule has 3 atom stereocenters. The maximum Gasteiger partial charge on any atom is 0.346 e. The predicted molar refractivity (Wildman–Crippen MR) is 73.1 cm³/mol. The molecule has 2 fully saturated rings. The molecule has 0 heterocycles. The third kappa shape index (κ3) is 2.21. The minimum Gasteiger partial charge on any atom is -0.330 e. The van der Waals surface area contributed by atoms with Gasteiger partial charge in [0.2, 0.25) is 0 Å². The first kappa shape index (κ1) is 12.5. The highest BCUT2D eigenvalue weighted by atomic mass is 16.5. The highest BCUT2D eigenvalue weighted by molar-refractivity contribution is 5.90. The highest BCUT2D eigenvalue weighted by Crippen LogP contribution is 2.50. The lowest BCUT2D eigenvalue weighted by molar-refractivity contribution is 0.177. The van der Waals surface area contributed by atoms with Crippen LogP contribution in [0.3, 0.4) is 0 Å². The summed E-state index contributed by atoms with van der Waals surface area (Å²) in [6.07, 6.45) is 4.73. The second-order valence-corrected chi connectivity index (χ2v) is 6.08. The third-order valence-corrected chi connectivity index (χ3v) is 4.74. The molecular weight excluding hydrogens is 240 g/mol. The van der Waals surface area contributed by atoms with Crippen molar-refractivity contribution < 1.29 is 10.0 Å². The average molecular weight is 260 g/mol. The Balaban J connectivity index is 1.69. The third-order valence-electron chi connectivity index (χ3n) is 4.74. The van der Waals surface area contributed by atoms with Crippen LogP contribution in [0.5, 0.6) is 0 Å². The van der Waals surface area contributed by atoms with E-state index in [0.29, 0.717) is 16.7 Å². The first-order valence-electron chi connectivity index (χ1n) is 6.95. The number of carbonyl (C=O) groups excluding carboxylic acids is 1. The van der Waals surface area contributed by atoms with Gasteiger partial charge in [-0.1, -0.05) is 18.2 Å². The van der Waals surface area contributed by atoms with Crippen molar-refractivity contribution in [2.75, 3.05) is 5.06 Å². The van der Waals surface area contributed by atoms with E-state index in [4.69, 9.17) is 0 Å². The molecule has 1 aromatic carbocycles. The van der Waals surface area contributed by atoms with Gasteiger partial charge in [-0.25, -0.2) is 4.79 Å². The summed E-state index contributed by atoms with van der Waals surface area (Å²) in [7, 11) is 0. The Labute approximate surface area is 113 Å².